The number of fused-ring (bicyclic) bond motifs is 1. The van der Waals surface area contributed by atoms with Crippen molar-refractivity contribution in [1.82, 2.24) is 9.88 Å². The summed E-state index contributed by atoms with van der Waals surface area (Å²) in [5.74, 6) is -0.465. The number of aromatic amines is 1. The van der Waals surface area contributed by atoms with Crippen LogP contribution >= 0.6 is 0 Å². The lowest BCUT2D eigenvalue weighted by molar-refractivity contribution is -0.128. The number of benzene rings is 1. The van der Waals surface area contributed by atoms with Gasteiger partial charge in [-0.05, 0) is 18.9 Å². The molecule has 3 rings (SSSR count). The Labute approximate surface area is 114 Å². The molecule has 1 aromatic heterocycles. The van der Waals surface area contributed by atoms with Crippen molar-refractivity contribution in [3.63, 3.8) is 0 Å². The number of oxazole rings is 1. The minimum atomic E-state index is -0.523. The van der Waals surface area contributed by atoms with E-state index in [1.165, 1.54) is 0 Å². The minimum Gasteiger partial charge on any atom is -0.408 e. The van der Waals surface area contributed by atoms with Gasteiger partial charge in [0, 0.05) is 19.2 Å². The molecule has 0 atom stereocenters. The molecule has 20 heavy (non-hydrogen) atoms. The smallest absolute Gasteiger partial charge is 0.408 e. The number of nitrogens with zero attached hydrogens (tertiary/aromatic N) is 1. The summed E-state index contributed by atoms with van der Waals surface area (Å²) in [5, 5.41) is 3.01. The molecule has 1 aliphatic rings. The summed E-state index contributed by atoms with van der Waals surface area (Å²) in [7, 11) is 0. The summed E-state index contributed by atoms with van der Waals surface area (Å²) < 4.78 is 4.92. The molecule has 2 aromatic rings. The van der Waals surface area contributed by atoms with Gasteiger partial charge in [-0.15, -0.1) is 0 Å². The molecule has 7 nitrogen and oxygen atoms in total. The van der Waals surface area contributed by atoms with Crippen LogP contribution in [0.1, 0.15) is 12.8 Å². The number of hydrogen-bond acceptors (Lipinski definition) is 5. The number of likely N-dealkylation sites (tertiary alicyclic amines) is 1. The molecular weight excluding hydrogens is 260 g/mol. The van der Waals surface area contributed by atoms with Crippen LogP contribution in [0.4, 0.5) is 11.4 Å². The maximum Gasteiger partial charge on any atom is 0.417 e. The third kappa shape index (κ3) is 2.34. The second-order valence-corrected chi connectivity index (χ2v) is 4.89. The van der Waals surface area contributed by atoms with E-state index in [2.05, 4.69) is 10.3 Å². The van der Waals surface area contributed by atoms with Crippen molar-refractivity contribution in [2.75, 3.05) is 30.7 Å². The Hall–Kier alpha value is -2.44. The largest absolute Gasteiger partial charge is 0.417 e. The van der Waals surface area contributed by atoms with Gasteiger partial charge in [-0.2, -0.15) is 0 Å². The first-order valence-electron chi connectivity index (χ1n) is 6.57. The zero-order chi connectivity index (χ0) is 14.1. The molecule has 2 heterocycles. The first-order chi connectivity index (χ1) is 9.63. The van der Waals surface area contributed by atoms with Crippen LogP contribution in [0.25, 0.3) is 11.1 Å². The molecule has 1 fully saturated rings. The van der Waals surface area contributed by atoms with Gasteiger partial charge < -0.3 is 20.4 Å². The maximum atomic E-state index is 11.9. The molecule has 0 saturated carbocycles. The lowest BCUT2D eigenvalue weighted by Gasteiger charge is -2.16. The van der Waals surface area contributed by atoms with E-state index in [1.807, 2.05) is 4.90 Å². The summed E-state index contributed by atoms with van der Waals surface area (Å²) in [6, 6.07) is 3.24. The van der Waals surface area contributed by atoms with Crippen molar-refractivity contribution < 1.29 is 9.21 Å². The Morgan fingerprint density at radius 1 is 1.40 bits per heavy atom. The van der Waals surface area contributed by atoms with E-state index < -0.39 is 5.76 Å². The molecule has 0 radical (unpaired) electrons. The predicted molar refractivity (Wildman–Crippen MR) is 75.6 cm³/mol. The number of nitrogens with one attached hydrogen (secondary N) is 2. The molecule has 106 valence electrons. The molecular formula is C13H16N4O3. The second-order valence-electron chi connectivity index (χ2n) is 4.89. The molecule has 1 aliphatic heterocycles. The topological polar surface area (TPSA) is 104 Å². The van der Waals surface area contributed by atoms with Crippen molar-refractivity contribution >= 4 is 28.4 Å². The Bertz CT molecular complexity index is 697. The summed E-state index contributed by atoms with van der Waals surface area (Å²) in [5.41, 5.74) is 7.89. The number of carbonyl (C=O) groups is 1. The number of rotatable bonds is 3. The van der Waals surface area contributed by atoms with E-state index in [1.54, 1.807) is 12.1 Å². The third-order valence-electron chi connectivity index (χ3n) is 3.48. The lowest BCUT2D eigenvalue weighted by atomic mass is 10.2. The first-order valence-corrected chi connectivity index (χ1v) is 6.57. The van der Waals surface area contributed by atoms with Crippen LogP contribution in [0.2, 0.25) is 0 Å². The summed E-state index contributed by atoms with van der Waals surface area (Å²) in [6.07, 6.45) is 2.13. The fraction of sp³-hybridized carbons (Fsp3) is 0.385. The van der Waals surface area contributed by atoms with Crippen LogP contribution in [0, 0.1) is 0 Å². The zero-order valence-electron chi connectivity index (χ0n) is 10.9. The molecule has 4 N–H and O–H groups in total. The van der Waals surface area contributed by atoms with E-state index in [4.69, 9.17) is 10.2 Å². The van der Waals surface area contributed by atoms with E-state index >= 15 is 0 Å². The molecule has 0 aliphatic carbocycles. The van der Waals surface area contributed by atoms with Gasteiger partial charge in [-0.3, -0.25) is 9.78 Å². The average molecular weight is 276 g/mol. The quantitative estimate of drug-likeness (QED) is 0.717. The van der Waals surface area contributed by atoms with Gasteiger partial charge in [0.2, 0.25) is 5.91 Å². The zero-order valence-corrected chi connectivity index (χ0v) is 10.9. The minimum absolute atomic E-state index is 0.0580. The number of nitrogen functional groups attached to an aromatic ring is 1. The van der Waals surface area contributed by atoms with Crippen molar-refractivity contribution in [3.05, 3.63) is 22.7 Å². The SMILES string of the molecule is Nc1cc2oc(=O)[nH]c2cc1NCC(=O)N1CCCC1. The Balaban J connectivity index is 1.74. The van der Waals surface area contributed by atoms with Crippen molar-refractivity contribution in [3.8, 4) is 0 Å². The lowest BCUT2D eigenvalue weighted by Crippen LogP contribution is -2.33. The fourth-order valence-corrected chi connectivity index (χ4v) is 2.42. The molecule has 1 aromatic carbocycles. The van der Waals surface area contributed by atoms with Crippen LogP contribution in [-0.4, -0.2) is 35.4 Å². The highest BCUT2D eigenvalue weighted by atomic mass is 16.4. The van der Waals surface area contributed by atoms with Crippen molar-refractivity contribution in [2.45, 2.75) is 12.8 Å². The van der Waals surface area contributed by atoms with Crippen LogP contribution in [-0.2, 0) is 4.79 Å². The van der Waals surface area contributed by atoms with Gasteiger partial charge in [0.1, 0.15) is 0 Å². The summed E-state index contributed by atoms with van der Waals surface area (Å²) >= 11 is 0. The van der Waals surface area contributed by atoms with Crippen LogP contribution in [0.15, 0.2) is 21.3 Å². The highest BCUT2D eigenvalue weighted by Gasteiger charge is 2.17. The molecule has 1 saturated heterocycles. The number of nitrogens with two attached hydrogens (primary N) is 1. The summed E-state index contributed by atoms with van der Waals surface area (Å²) in [4.78, 5) is 27.4. The monoisotopic (exact) mass is 276 g/mol. The second kappa shape index (κ2) is 4.92. The van der Waals surface area contributed by atoms with Gasteiger partial charge in [0.05, 0.1) is 23.4 Å². The standard InChI is InChI=1S/C13H16N4O3/c14-8-5-11-10(16-13(19)20-11)6-9(8)15-7-12(18)17-3-1-2-4-17/h5-6,15H,1-4,7,14H2,(H,16,19). The van der Waals surface area contributed by atoms with Gasteiger partial charge in [0.15, 0.2) is 5.58 Å². The van der Waals surface area contributed by atoms with E-state index in [0.29, 0.717) is 22.5 Å². The van der Waals surface area contributed by atoms with Gasteiger partial charge in [-0.1, -0.05) is 0 Å². The average Bonchev–Trinajstić information content (AvgIpc) is 3.03. The maximum absolute atomic E-state index is 11.9. The number of amides is 1. The predicted octanol–water partition coefficient (Wildman–Crippen LogP) is 0.738. The Kier molecular flexibility index (Phi) is 3.09. The number of H-pyrrole nitrogens is 1. The van der Waals surface area contributed by atoms with Crippen LogP contribution in [0.3, 0.4) is 0 Å². The molecule has 0 spiro atoms. The Morgan fingerprint density at radius 3 is 2.90 bits per heavy atom. The van der Waals surface area contributed by atoms with Crippen LogP contribution < -0.4 is 16.8 Å². The fourth-order valence-electron chi connectivity index (χ4n) is 2.42. The van der Waals surface area contributed by atoms with Gasteiger partial charge >= 0.3 is 5.76 Å². The highest BCUT2D eigenvalue weighted by Crippen LogP contribution is 2.24. The number of anilines is 2. The van der Waals surface area contributed by atoms with Gasteiger partial charge in [0.25, 0.3) is 0 Å². The van der Waals surface area contributed by atoms with Gasteiger partial charge in [-0.25, -0.2) is 4.79 Å². The highest BCUT2D eigenvalue weighted by molar-refractivity contribution is 5.88. The number of hydrogen-bond donors (Lipinski definition) is 3. The normalized spacial score (nSPS) is 14.9. The van der Waals surface area contributed by atoms with E-state index in [9.17, 15) is 9.59 Å². The van der Waals surface area contributed by atoms with Crippen molar-refractivity contribution in [1.29, 1.82) is 0 Å². The van der Waals surface area contributed by atoms with E-state index in [-0.39, 0.29) is 12.5 Å². The molecule has 1 amide bonds. The Morgan fingerprint density at radius 2 is 2.15 bits per heavy atom. The van der Waals surface area contributed by atoms with Crippen molar-refractivity contribution in [2.24, 2.45) is 0 Å². The first kappa shape index (κ1) is 12.6. The van der Waals surface area contributed by atoms with E-state index in [0.717, 1.165) is 25.9 Å². The molecule has 7 heteroatoms. The summed E-state index contributed by atoms with van der Waals surface area (Å²) in [6.45, 7) is 1.84. The number of carbonyl (C=O) groups excluding carboxylic acids is 1. The molecule has 0 bridgehead atoms. The van der Waals surface area contributed by atoms with Crippen LogP contribution in [0.5, 0.6) is 0 Å². The number of aromatic nitrogens is 1. The molecule has 0 unspecified atom stereocenters. The third-order valence-corrected chi connectivity index (χ3v) is 3.48.